The van der Waals surface area contributed by atoms with E-state index in [1.165, 1.54) is 4.57 Å². The van der Waals surface area contributed by atoms with Crippen LogP contribution in [-0.4, -0.2) is 21.4 Å². The number of fused-ring (bicyclic) bond motifs is 1. The maximum atomic E-state index is 11.9. The number of carbonyl (C=O) groups is 1. The van der Waals surface area contributed by atoms with Crippen LogP contribution in [0.2, 0.25) is 0 Å². The van der Waals surface area contributed by atoms with Crippen molar-refractivity contribution in [3.8, 4) is 5.88 Å². The van der Waals surface area contributed by atoms with E-state index in [0.717, 1.165) is 5.39 Å². The third-order valence-corrected chi connectivity index (χ3v) is 2.27. The Bertz CT molecular complexity index is 564. The van der Waals surface area contributed by atoms with Gasteiger partial charge in [0.2, 0.25) is 5.88 Å². The Morgan fingerprint density at radius 1 is 1.29 bits per heavy atom. The molecule has 90 valence electrons. The molecule has 0 bridgehead atoms. The molecule has 0 spiro atoms. The number of hydrogen-bond donors (Lipinski definition) is 1. The number of carbonyl (C=O) groups excluding carboxylic acids is 1. The van der Waals surface area contributed by atoms with E-state index in [9.17, 15) is 9.90 Å². The maximum Gasteiger partial charge on any atom is 0.421 e. The van der Waals surface area contributed by atoms with Crippen LogP contribution in [0.25, 0.3) is 10.9 Å². The van der Waals surface area contributed by atoms with Gasteiger partial charge >= 0.3 is 6.09 Å². The number of rotatable bonds is 0. The van der Waals surface area contributed by atoms with Gasteiger partial charge in [-0.1, -0.05) is 18.2 Å². The third kappa shape index (κ3) is 2.25. The molecule has 1 N–H and O–H groups in total. The van der Waals surface area contributed by atoms with Crippen molar-refractivity contribution in [1.29, 1.82) is 0 Å². The summed E-state index contributed by atoms with van der Waals surface area (Å²) in [6.07, 6.45) is -0.573. The summed E-state index contributed by atoms with van der Waals surface area (Å²) in [5, 5.41) is 10.6. The third-order valence-electron chi connectivity index (χ3n) is 2.27. The standard InChI is InChI=1S/C13H15NO3/c1-13(2,3)17-12(16)14-10-7-5-4-6-9(10)8-11(14)15/h4-8,15H,1-3H3. The molecule has 0 aliphatic rings. The molecule has 1 heterocycles. The second kappa shape index (κ2) is 3.80. The van der Waals surface area contributed by atoms with E-state index in [1.54, 1.807) is 32.9 Å². The van der Waals surface area contributed by atoms with E-state index >= 15 is 0 Å². The van der Waals surface area contributed by atoms with Gasteiger partial charge in [0.1, 0.15) is 5.60 Å². The highest BCUT2D eigenvalue weighted by atomic mass is 16.6. The van der Waals surface area contributed by atoms with Crippen LogP contribution >= 0.6 is 0 Å². The first-order chi connectivity index (χ1) is 7.88. The van der Waals surface area contributed by atoms with Gasteiger partial charge in [-0.05, 0) is 26.8 Å². The molecule has 0 saturated carbocycles. The number of para-hydroxylation sites is 1. The molecule has 0 unspecified atom stereocenters. The Kier molecular flexibility index (Phi) is 2.58. The van der Waals surface area contributed by atoms with Crippen LogP contribution in [0.5, 0.6) is 5.88 Å². The zero-order chi connectivity index (χ0) is 12.6. The first kappa shape index (κ1) is 11.5. The van der Waals surface area contributed by atoms with Gasteiger partial charge in [-0.2, -0.15) is 0 Å². The molecule has 0 atom stereocenters. The highest BCUT2D eigenvalue weighted by Gasteiger charge is 2.21. The van der Waals surface area contributed by atoms with Crippen LogP contribution in [0.1, 0.15) is 20.8 Å². The molecule has 4 nitrogen and oxygen atoms in total. The maximum absolute atomic E-state index is 11.9. The molecule has 17 heavy (non-hydrogen) atoms. The number of ether oxygens (including phenoxy) is 1. The van der Waals surface area contributed by atoms with Crippen molar-refractivity contribution in [2.45, 2.75) is 26.4 Å². The van der Waals surface area contributed by atoms with Crippen LogP contribution < -0.4 is 0 Å². The van der Waals surface area contributed by atoms with Crippen molar-refractivity contribution in [3.05, 3.63) is 30.3 Å². The molecular formula is C13H15NO3. The largest absolute Gasteiger partial charge is 0.494 e. The first-order valence-corrected chi connectivity index (χ1v) is 5.41. The summed E-state index contributed by atoms with van der Waals surface area (Å²) in [5.74, 6) is -0.111. The minimum atomic E-state index is -0.588. The van der Waals surface area contributed by atoms with Crippen molar-refractivity contribution in [3.63, 3.8) is 0 Å². The lowest BCUT2D eigenvalue weighted by atomic mass is 10.2. The molecular weight excluding hydrogens is 218 g/mol. The SMILES string of the molecule is CC(C)(C)OC(=O)n1c(O)cc2ccccc21. The quantitative estimate of drug-likeness (QED) is 0.760. The van der Waals surface area contributed by atoms with Gasteiger partial charge < -0.3 is 9.84 Å². The molecule has 0 radical (unpaired) electrons. The fourth-order valence-electron chi connectivity index (χ4n) is 1.64. The van der Waals surface area contributed by atoms with E-state index in [-0.39, 0.29) is 5.88 Å². The Balaban J connectivity index is 2.48. The summed E-state index contributed by atoms with van der Waals surface area (Å²) in [5.41, 5.74) is 0.0498. The average Bonchev–Trinajstić information content (AvgIpc) is 2.50. The van der Waals surface area contributed by atoms with Crippen molar-refractivity contribution < 1.29 is 14.6 Å². The minimum absolute atomic E-state index is 0.111. The van der Waals surface area contributed by atoms with Crippen molar-refractivity contribution >= 4 is 17.0 Å². The Morgan fingerprint density at radius 3 is 2.59 bits per heavy atom. The van der Waals surface area contributed by atoms with Crippen LogP contribution in [0.4, 0.5) is 4.79 Å². The van der Waals surface area contributed by atoms with Gasteiger partial charge in [-0.25, -0.2) is 9.36 Å². The second-order valence-electron chi connectivity index (χ2n) is 4.88. The van der Waals surface area contributed by atoms with Crippen molar-refractivity contribution in [2.75, 3.05) is 0 Å². The molecule has 1 aromatic carbocycles. The zero-order valence-electron chi connectivity index (χ0n) is 10.1. The first-order valence-electron chi connectivity index (χ1n) is 5.41. The lowest BCUT2D eigenvalue weighted by molar-refractivity contribution is 0.0533. The monoisotopic (exact) mass is 233 g/mol. The van der Waals surface area contributed by atoms with Gasteiger partial charge in [-0.15, -0.1) is 0 Å². The Hall–Kier alpha value is -1.97. The summed E-state index contributed by atoms with van der Waals surface area (Å²) < 4.78 is 6.40. The highest BCUT2D eigenvalue weighted by Crippen LogP contribution is 2.25. The predicted octanol–water partition coefficient (Wildman–Crippen LogP) is 3.13. The number of hydrogen-bond acceptors (Lipinski definition) is 3. The molecule has 0 saturated heterocycles. The average molecular weight is 233 g/mol. The number of aromatic hydroxyl groups is 1. The molecule has 2 aromatic rings. The number of aromatic nitrogens is 1. The lowest BCUT2D eigenvalue weighted by Gasteiger charge is -2.20. The normalized spacial score (nSPS) is 11.7. The van der Waals surface area contributed by atoms with Gasteiger partial charge in [0.05, 0.1) is 5.52 Å². The summed E-state index contributed by atoms with van der Waals surface area (Å²) in [7, 11) is 0. The second-order valence-corrected chi connectivity index (χ2v) is 4.88. The van der Waals surface area contributed by atoms with Crippen LogP contribution in [-0.2, 0) is 4.74 Å². The molecule has 0 aliphatic carbocycles. The molecule has 0 aliphatic heterocycles. The molecule has 0 fully saturated rings. The lowest BCUT2D eigenvalue weighted by Crippen LogP contribution is -2.26. The number of nitrogens with zero attached hydrogens (tertiary/aromatic N) is 1. The molecule has 1 aromatic heterocycles. The van der Waals surface area contributed by atoms with E-state index in [1.807, 2.05) is 18.2 Å². The Morgan fingerprint density at radius 2 is 1.94 bits per heavy atom. The minimum Gasteiger partial charge on any atom is -0.494 e. The summed E-state index contributed by atoms with van der Waals surface area (Å²) in [6.45, 7) is 5.36. The van der Waals surface area contributed by atoms with E-state index in [2.05, 4.69) is 0 Å². The molecule has 4 heteroatoms. The van der Waals surface area contributed by atoms with Crippen LogP contribution in [0.3, 0.4) is 0 Å². The predicted molar refractivity (Wildman–Crippen MR) is 65.2 cm³/mol. The topological polar surface area (TPSA) is 51.5 Å². The van der Waals surface area contributed by atoms with Gasteiger partial charge in [-0.3, -0.25) is 0 Å². The van der Waals surface area contributed by atoms with Crippen molar-refractivity contribution in [2.24, 2.45) is 0 Å². The van der Waals surface area contributed by atoms with E-state index in [0.29, 0.717) is 5.52 Å². The number of benzene rings is 1. The van der Waals surface area contributed by atoms with E-state index in [4.69, 9.17) is 4.74 Å². The fourth-order valence-corrected chi connectivity index (χ4v) is 1.64. The highest BCUT2D eigenvalue weighted by molar-refractivity contribution is 5.91. The van der Waals surface area contributed by atoms with E-state index < -0.39 is 11.7 Å². The van der Waals surface area contributed by atoms with Gasteiger partial charge in [0.25, 0.3) is 0 Å². The zero-order valence-corrected chi connectivity index (χ0v) is 10.1. The smallest absolute Gasteiger partial charge is 0.421 e. The summed E-state index contributed by atoms with van der Waals surface area (Å²) >= 11 is 0. The molecule has 0 amide bonds. The van der Waals surface area contributed by atoms with Crippen molar-refractivity contribution in [1.82, 2.24) is 4.57 Å². The van der Waals surface area contributed by atoms with Crippen LogP contribution in [0.15, 0.2) is 30.3 Å². The summed E-state index contributed by atoms with van der Waals surface area (Å²) in [4.78, 5) is 11.9. The molecule has 2 rings (SSSR count). The Labute approximate surface area is 99.4 Å². The van der Waals surface area contributed by atoms with Crippen LogP contribution in [0, 0.1) is 0 Å². The fraction of sp³-hybridized carbons (Fsp3) is 0.308. The van der Waals surface area contributed by atoms with Gasteiger partial charge in [0.15, 0.2) is 0 Å². The van der Waals surface area contributed by atoms with Gasteiger partial charge in [0, 0.05) is 11.5 Å². The summed E-state index contributed by atoms with van der Waals surface area (Å²) in [6, 6.07) is 8.79.